The zero-order valence-corrected chi connectivity index (χ0v) is 16.1. The van der Waals surface area contributed by atoms with Crippen LogP contribution in [0.4, 0.5) is 11.4 Å². The average Bonchev–Trinajstić information content (AvgIpc) is 2.72. The van der Waals surface area contributed by atoms with E-state index in [1.54, 1.807) is 52.3 Å². The van der Waals surface area contributed by atoms with Gasteiger partial charge in [-0.25, -0.2) is 0 Å². The van der Waals surface area contributed by atoms with Gasteiger partial charge in [-0.1, -0.05) is 24.3 Å². The standard InChI is InChI=1S/C21H22N4O4/c1-15(26)23-11-13-24(14-12-23)20(27)10-7-16-3-2-4-19(25(28)29)21(16)17-5-8-18(22)9-6-17/h2-10H,11-14,22H2,1H3/b10-7+. The third kappa shape index (κ3) is 4.60. The van der Waals surface area contributed by atoms with Crippen molar-refractivity contribution in [2.75, 3.05) is 31.9 Å². The summed E-state index contributed by atoms with van der Waals surface area (Å²) in [5.41, 5.74) is 7.89. The van der Waals surface area contributed by atoms with Gasteiger partial charge in [-0.15, -0.1) is 0 Å². The molecule has 3 rings (SSSR count). The van der Waals surface area contributed by atoms with Crippen molar-refractivity contribution in [3.8, 4) is 11.1 Å². The number of nitrogens with two attached hydrogens (primary N) is 1. The van der Waals surface area contributed by atoms with E-state index in [2.05, 4.69) is 0 Å². The molecule has 8 nitrogen and oxygen atoms in total. The molecule has 1 saturated heterocycles. The molecule has 0 aromatic heterocycles. The lowest BCUT2D eigenvalue weighted by Crippen LogP contribution is -2.49. The second kappa shape index (κ2) is 8.55. The van der Waals surface area contributed by atoms with Gasteiger partial charge in [-0.3, -0.25) is 19.7 Å². The lowest BCUT2D eigenvalue weighted by Gasteiger charge is -2.33. The minimum absolute atomic E-state index is 0.00243. The van der Waals surface area contributed by atoms with Crippen LogP contribution in [0.1, 0.15) is 12.5 Å². The predicted molar refractivity (Wildman–Crippen MR) is 111 cm³/mol. The molecule has 0 bridgehead atoms. The summed E-state index contributed by atoms with van der Waals surface area (Å²) in [7, 11) is 0. The first-order valence-corrected chi connectivity index (χ1v) is 9.22. The van der Waals surface area contributed by atoms with E-state index in [9.17, 15) is 19.7 Å². The van der Waals surface area contributed by atoms with Gasteiger partial charge in [0.05, 0.1) is 10.5 Å². The van der Waals surface area contributed by atoms with Gasteiger partial charge >= 0.3 is 0 Å². The van der Waals surface area contributed by atoms with Gasteiger partial charge in [0.2, 0.25) is 11.8 Å². The topological polar surface area (TPSA) is 110 Å². The summed E-state index contributed by atoms with van der Waals surface area (Å²) < 4.78 is 0. The van der Waals surface area contributed by atoms with Crippen molar-refractivity contribution in [3.63, 3.8) is 0 Å². The number of amides is 2. The molecule has 29 heavy (non-hydrogen) atoms. The SMILES string of the molecule is CC(=O)N1CCN(C(=O)/C=C/c2cccc([N+](=O)[O-])c2-c2ccc(N)cc2)CC1. The first-order chi connectivity index (χ1) is 13.9. The van der Waals surface area contributed by atoms with Crippen molar-refractivity contribution in [2.45, 2.75) is 6.92 Å². The van der Waals surface area contributed by atoms with Gasteiger partial charge in [0.25, 0.3) is 5.69 Å². The summed E-state index contributed by atoms with van der Waals surface area (Å²) in [6.45, 7) is 3.44. The van der Waals surface area contributed by atoms with E-state index in [1.807, 2.05) is 0 Å². The van der Waals surface area contributed by atoms with Crippen LogP contribution < -0.4 is 5.73 Å². The number of nitro groups is 1. The normalized spacial score (nSPS) is 14.2. The summed E-state index contributed by atoms with van der Waals surface area (Å²) in [4.78, 5) is 38.4. The maximum atomic E-state index is 12.5. The fraction of sp³-hybridized carbons (Fsp3) is 0.238. The minimum Gasteiger partial charge on any atom is -0.399 e. The lowest BCUT2D eigenvalue weighted by molar-refractivity contribution is -0.384. The van der Waals surface area contributed by atoms with E-state index in [-0.39, 0.29) is 17.5 Å². The second-order valence-corrected chi connectivity index (χ2v) is 6.79. The highest BCUT2D eigenvalue weighted by Crippen LogP contribution is 2.34. The molecule has 0 radical (unpaired) electrons. The molecule has 1 fully saturated rings. The van der Waals surface area contributed by atoms with Crippen LogP contribution in [0.25, 0.3) is 17.2 Å². The number of benzene rings is 2. The molecule has 1 aliphatic rings. The quantitative estimate of drug-likeness (QED) is 0.371. The number of carbonyl (C=O) groups is 2. The van der Waals surface area contributed by atoms with Crippen molar-refractivity contribution in [3.05, 3.63) is 64.2 Å². The first-order valence-electron chi connectivity index (χ1n) is 9.22. The van der Waals surface area contributed by atoms with Crippen molar-refractivity contribution in [1.29, 1.82) is 0 Å². The number of nitrogens with zero attached hydrogens (tertiary/aromatic N) is 3. The molecular weight excluding hydrogens is 372 g/mol. The fourth-order valence-corrected chi connectivity index (χ4v) is 3.32. The van der Waals surface area contributed by atoms with Gasteiger partial charge < -0.3 is 15.5 Å². The summed E-state index contributed by atoms with van der Waals surface area (Å²) in [5.74, 6) is -0.194. The summed E-state index contributed by atoms with van der Waals surface area (Å²) >= 11 is 0. The summed E-state index contributed by atoms with van der Waals surface area (Å²) in [6.07, 6.45) is 3.02. The Morgan fingerprint density at radius 3 is 2.24 bits per heavy atom. The molecular formula is C21H22N4O4. The number of hydrogen-bond donors (Lipinski definition) is 1. The van der Waals surface area contributed by atoms with E-state index in [0.717, 1.165) is 0 Å². The highest BCUT2D eigenvalue weighted by atomic mass is 16.6. The van der Waals surface area contributed by atoms with Crippen LogP contribution in [0.5, 0.6) is 0 Å². The molecule has 0 atom stereocenters. The zero-order valence-electron chi connectivity index (χ0n) is 16.1. The Hall–Kier alpha value is -3.68. The van der Waals surface area contributed by atoms with Crippen molar-refractivity contribution in [1.82, 2.24) is 9.80 Å². The molecule has 8 heteroatoms. The largest absolute Gasteiger partial charge is 0.399 e. The molecule has 0 spiro atoms. The third-order valence-corrected chi connectivity index (χ3v) is 4.91. The number of carbonyl (C=O) groups excluding carboxylic acids is 2. The molecule has 150 valence electrons. The Morgan fingerprint density at radius 2 is 1.66 bits per heavy atom. The van der Waals surface area contributed by atoms with E-state index in [4.69, 9.17) is 5.73 Å². The molecule has 2 aromatic carbocycles. The number of anilines is 1. The number of nitro benzene ring substituents is 1. The van der Waals surface area contributed by atoms with E-state index in [1.165, 1.54) is 19.1 Å². The van der Waals surface area contributed by atoms with Gasteiger partial charge in [-0.05, 0) is 29.3 Å². The summed E-state index contributed by atoms with van der Waals surface area (Å²) in [6, 6.07) is 11.6. The monoisotopic (exact) mass is 394 g/mol. The number of rotatable bonds is 4. The smallest absolute Gasteiger partial charge is 0.277 e. The molecule has 2 N–H and O–H groups in total. The lowest BCUT2D eigenvalue weighted by atomic mass is 9.97. The Labute approximate surface area is 168 Å². The highest BCUT2D eigenvalue weighted by Gasteiger charge is 2.22. The van der Waals surface area contributed by atoms with Gasteiger partial charge in [-0.2, -0.15) is 0 Å². The number of hydrogen-bond acceptors (Lipinski definition) is 5. The van der Waals surface area contributed by atoms with E-state index >= 15 is 0 Å². The van der Waals surface area contributed by atoms with Gasteiger partial charge in [0, 0.05) is 50.9 Å². The molecule has 2 aromatic rings. The zero-order chi connectivity index (χ0) is 21.0. The fourth-order valence-electron chi connectivity index (χ4n) is 3.32. The minimum atomic E-state index is -0.439. The van der Waals surface area contributed by atoms with Crippen LogP contribution >= 0.6 is 0 Å². The average molecular weight is 394 g/mol. The van der Waals surface area contributed by atoms with E-state index < -0.39 is 4.92 Å². The van der Waals surface area contributed by atoms with Crippen molar-refractivity contribution < 1.29 is 14.5 Å². The molecule has 1 heterocycles. The first kappa shape index (κ1) is 20.1. The van der Waals surface area contributed by atoms with Crippen molar-refractivity contribution in [2.24, 2.45) is 0 Å². The molecule has 0 saturated carbocycles. The van der Waals surface area contributed by atoms with Crippen molar-refractivity contribution >= 4 is 29.3 Å². The number of piperazine rings is 1. The Kier molecular flexibility index (Phi) is 5.92. The van der Waals surface area contributed by atoms with Gasteiger partial charge in [0.1, 0.15) is 0 Å². The predicted octanol–water partition coefficient (Wildman–Crippen LogP) is 2.55. The maximum absolute atomic E-state index is 12.5. The van der Waals surface area contributed by atoms with E-state index in [0.29, 0.717) is 48.6 Å². The highest BCUT2D eigenvalue weighted by molar-refractivity contribution is 5.94. The van der Waals surface area contributed by atoms with Crippen LogP contribution in [0.2, 0.25) is 0 Å². The maximum Gasteiger partial charge on any atom is 0.277 e. The Morgan fingerprint density at radius 1 is 1.03 bits per heavy atom. The molecule has 0 unspecified atom stereocenters. The molecule has 0 aliphatic carbocycles. The van der Waals surface area contributed by atoms with Crippen LogP contribution in [-0.4, -0.2) is 52.7 Å². The molecule has 2 amide bonds. The van der Waals surface area contributed by atoms with Crippen LogP contribution in [0.3, 0.4) is 0 Å². The van der Waals surface area contributed by atoms with Crippen LogP contribution in [0, 0.1) is 10.1 Å². The van der Waals surface area contributed by atoms with Crippen LogP contribution in [0.15, 0.2) is 48.5 Å². The molecule has 1 aliphatic heterocycles. The van der Waals surface area contributed by atoms with Crippen LogP contribution in [-0.2, 0) is 9.59 Å². The summed E-state index contributed by atoms with van der Waals surface area (Å²) in [5, 5.41) is 11.5. The Balaban J connectivity index is 1.86. The third-order valence-electron chi connectivity index (χ3n) is 4.91. The van der Waals surface area contributed by atoms with Gasteiger partial charge in [0.15, 0.2) is 0 Å². The second-order valence-electron chi connectivity index (χ2n) is 6.79. The number of nitrogen functional groups attached to an aromatic ring is 1. The Bertz CT molecular complexity index is 961.